The van der Waals surface area contributed by atoms with Crippen molar-refractivity contribution in [2.45, 2.75) is 83.3 Å². The summed E-state index contributed by atoms with van der Waals surface area (Å²) >= 11 is 5.60. The summed E-state index contributed by atoms with van der Waals surface area (Å²) in [7, 11) is 0. The van der Waals surface area contributed by atoms with E-state index in [2.05, 4.69) is 6.92 Å². The number of alkyl halides is 1. The highest BCUT2D eigenvalue weighted by molar-refractivity contribution is 6.17. The number of hydrogen-bond acceptors (Lipinski definition) is 6. The zero-order chi connectivity index (χ0) is 23.3. The molecule has 0 bridgehead atoms. The average molecular weight is 467 g/mol. The third-order valence-corrected chi connectivity index (χ3v) is 9.66. The number of halogens is 1. The highest BCUT2D eigenvalue weighted by atomic mass is 35.5. The quantitative estimate of drug-likeness (QED) is 0.460. The summed E-state index contributed by atoms with van der Waals surface area (Å²) in [5, 5.41) is 23.0. The van der Waals surface area contributed by atoms with Crippen molar-refractivity contribution in [1.29, 1.82) is 0 Å². The Hall–Kier alpha value is -1.24. The van der Waals surface area contributed by atoms with Gasteiger partial charge in [0.15, 0.2) is 12.4 Å². The van der Waals surface area contributed by atoms with Crippen molar-refractivity contribution in [1.82, 2.24) is 0 Å². The molecule has 178 valence electrons. The van der Waals surface area contributed by atoms with Gasteiger partial charge in [0, 0.05) is 24.1 Å². The third-order valence-electron chi connectivity index (χ3n) is 9.39. The summed E-state index contributed by atoms with van der Waals surface area (Å²) in [5.41, 5.74) is -1.43. The van der Waals surface area contributed by atoms with E-state index in [4.69, 9.17) is 16.3 Å². The number of Topliss-reactive ketones (excluding diaryl/α,β-unsaturated/α-hetero) is 1. The molecule has 3 fully saturated rings. The molecule has 32 heavy (non-hydrogen) atoms. The molecule has 0 radical (unpaired) electrons. The molecule has 0 heterocycles. The minimum atomic E-state index is -1.62. The van der Waals surface area contributed by atoms with Crippen molar-refractivity contribution in [3.63, 3.8) is 0 Å². The molecule has 4 rings (SSSR count). The molecular weight excluding hydrogens is 432 g/mol. The molecule has 7 heteroatoms. The van der Waals surface area contributed by atoms with Crippen LogP contribution in [0.1, 0.15) is 71.6 Å². The zero-order valence-corrected chi connectivity index (χ0v) is 19.8. The van der Waals surface area contributed by atoms with Crippen LogP contribution in [0.25, 0.3) is 0 Å². The SMILES string of the molecule is C[C@]12CCC(=O)C=C1CC[C@@H]1[C@@H]2[C@@H](O)C[C@@]2(C)[C@H]1CC[C@]2(O)C(=O)COC(=O)CCCCl. The van der Waals surface area contributed by atoms with Gasteiger partial charge in [-0.3, -0.25) is 14.4 Å². The van der Waals surface area contributed by atoms with Crippen molar-refractivity contribution in [3.8, 4) is 0 Å². The Bertz CT molecular complexity index is 838. The fourth-order valence-electron chi connectivity index (χ4n) is 7.70. The first-order valence-electron chi connectivity index (χ1n) is 12.0. The maximum Gasteiger partial charge on any atom is 0.306 e. The maximum absolute atomic E-state index is 13.1. The molecule has 0 saturated heterocycles. The van der Waals surface area contributed by atoms with Gasteiger partial charge in [-0.2, -0.15) is 0 Å². The number of hydrogen-bond donors (Lipinski definition) is 2. The number of ether oxygens (including phenoxy) is 1. The van der Waals surface area contributed by atoms with Crippen LogP contribution in [0.5, 0.6) is 0 Å². The van der Waals surface area contributed by atoms with Crippen molar-refractivity contribution < 1.29 is 29.3 Å². The predicted octanol–water partition coefficient (Wildman–Crippen LogP) is 3.35. The second kappa shape index (κ2) is 8.52. The minimum absolute atomic E-state index is 0.0273. The lowest BCUT2D eigenvalue weighted by molar-refractivity contribution is -0.184. The van der Waals surface area contributed by atoms with Crippen LogP contribution in [-0.2, 0) is 19.1 Å². The number of ketones is 2. The highest BCUT2D eigenvalue weighted by Crippen LogP contribution is 2.67. The Balaban J connectivity index is 1.55. The first-order chi connectivity index (χ1) is 15.1. The van der Waals surface area contributed by atoms with E-state index in [1.54, 1.807) is 6.08 Å². The number of carbonyl (C=O) groups excluding carboxylic acids is 3. The molecule has 2 N–H and O–H groups in total. The molecule has 0 unspecified atom stereocenters. The van der Waals surface area contributed by atoms with Gasteiger partial charge in [0.2, 0.25) is 5.78 Å². The molecular formula is C25H35ClO6. The van der Waals surface area contributed by atoms with E-state index in [9.17, 15) is 24.6 Å². The molecule has 0 aliphatic heterocycles. The predicted molar refractivity (Wildman–Crippen MR) is 119 cm³/mol. The summed E-state index contributed by atoms with van der Waals surface area (Å²) < 4.78 is 5.13. The van der Waals surface area contributed by atoms with Crippen molar-refractivity contribution in [2.75, 3.05) is 12.5 Å². The first-order valence-corrected chi connectivity index (χ1v) is 12.5. The number of aliphatic hydroxyl groups excluding tert-OH is 1. The van der Waals surface area contributed by atoms with E-state index >= 15 is 0 Å². The Labute approximate surface area is 194 Å². The van der Waals surface area contributed by atoms with Crippen molar-refractivity contribution in [2.24, 2.45) is 28.6 Å². The van der Waals surface area contributed by atoms with Gasteiger partial charge in [0.25, 0.3) is 0 Å². The average Bonchev–Trinajstić information content (AvgIpc) is 3.02. The molecule has 4 aliphatic carbocycles. The van der Waals surface area contributed by atoms with Gasteiger partial charge in [-0.25, -0.2) is 0 Å². The lowest BCUT2D eigenvalue weighted by Gasteiger charge is -2.60. The summed E-state index contributed by atoms with van der Waals surface area (Å²) in [6.07, 6.45) is 6.07. The Morgan fingerprint density at radius 1 is 1.22 bits per heavy atom. The van der Waals surface area contributed by atoms with Gasteiger partial charge in [-0.05, 0) is 74.2 Å². The van der Waals surface area contributed by atoms with Gasteiger partial charge in [0.1, 0.15) is 5.60 Å². The van der Waals surface area contributed by atoms with Crippen LogP contribution in [0, 0.1) is 28.6 Å². The number of carbonyl (C=O) groups is 3. The molecule has 7 atom stereocenters. The molecule has 3 saturated carbocycles. The van der Waals surface area contributed by atoms with Crippen molar-refractivity contribution in [3.05, 3.63) is 11.6 Å². The second-order valence-electron chi connectivity index (χ2n) is 10.9. The second-order valence-corrected chi connectivity index (χ2v) is 11.2. The minimum Gasteiger partial charge on any atom is -0.458 e. The highest BCUT2D eigenvalue weighted by Gasteiger charge is 2.68. The third kappa shape index (κ3) is 3.57. The summed E-state index contributed by atoms with van der Waals surface area (Å²) in [6, 6.07) is 0. The maximum atomic E-state index is 13.1. The molecule has 0 amide bonds. The molecule has 0 aromatic rings. The Morgan fingerprint density at radius 2 is 1.97 bits per heavy atom. The number of aliphatic hydroxyl groups is 2. The standard InChI is InChI=1S/C25H35ClO6/c1-23-9-7-16(27)12-15(23)5-6-17-18-8-10-25(31,24(18,2)13-19(28)22(17)23)20(29)14-32-21(30)4-3-11-26/h12,17-19,22,28,31H,3-11,13-14H2,1-2H3/t17-,18-,19-,22+,23-,24-,25-/m0/s1. The fraction of sp³-hybridized carbons (Fsp3) is 0.800. The molecule has 6 nitrogen and oxygen atoms in total. The molecule has 0 aromatic carbocycles. The number of fused-ring (bicyclic) bond motifs is 5. The number of esters is 1. The molecule has 0 spiro atoms. The molecule has 4 aliphatic rings. The Kier molecular flexibility index (Phi) is 6.36. The Morgan fingerprint density at radius 3 is 2.69 bits per heavy atom. The van der Waals surface area contributed by atoms with E-state index in [-0.39, 0.29) is 35.4 Å². The molecule has 0 aromatic heterocycles. The van der Waals surface area contributed by atoms with Crippen LogP contribution in [0.2, 0.25) is 0 Å². The van der Waals surface area contributed by atoms with Crippen LogP contribution >= 0.6 is 11.6 Å². The summed E-state index contributed by atoms with van der Waals surface area (Å²) in [6.45, 7) is 3.66. The van der Waals surface area contributed by atoms with Gasteiger partial charge < -0.3 is 14.9 Å². The van der Waals surface area contributed by atoms with Crippen LogP contribution in [0.3, 0.4) is 0 Å². The van der Waals surface area contributed by atoms with E-state index in [0.717, 1.165) is 24.8 Å². The lowest BCUT2D eigenvalue weighted by atomic mass is 9.45. The zero-order valence-electron chi connectivity index (χ0n) is 19.1. The van der Waals surface area contributed by atoms with E-state index in [0.29, 0.717) is 38.0 Å². The van der Waals surface area contributed by atoms with Gasteiger partial charge in [-0.15, -0.1) is 11.6 Å². The van der Waals surface area contributed by atoms with Crippen LogP contribution in [-0.4, -0.2) is 51.9 Å². The first kappa shape index (κ1) is 23.9. The lowest BCUT2D eigenvalue weighted by Crippen LogP contribution is -2.62. The fourth-order valence-corrected chi connectivity index (χ4v) is 7.83. The van der Waals surface area contributed by atoms with Crippen LogP contribution in [0.4, 0.5) is 0 Å². The van der Waals surface area contributed by atoms with E-state index < -0.39 is 35.5 Å². The number of allylic oxidation sites excluding steroid dienone is 1. The smallest absolute Gasteiger partial charge is 0.306 e. The van der Waals surface area contributed by atoms with Crippen molar-refractivity contribution >= 4 is 29.1 Å². The van der Waals surface area contributed by atoms with Gasteiger partial charge in [-0.1, -0.05) is 19.4 Å². The van der Waals surface area contributed by atoms with Crippen LogP contribution in [0.15, 0.2) is 11.6 Å². The van der Waals surface area contributed by atoms with E-state index in [1.807, 2.05) is 6.92 Å². The summed E-state index contributed by atoms with van der Waals surface area (Å²) in [5.74, 6) is -0.125. The number of rotatable bonds is 6. The monoisotopic (exact) mass is 466 g/mol. The van der Waals surface area contributed by atoms with Gasteiger partial charge >= 0.3 is 5.97 Å². The van der Waals surface area contributed by atoms with Crippen LogP contribution < -0.4 is 0 Å². The van der Waals surface area contributed by atoms with Gasteiger partial charge in [0.05, 0.1) is 6.10 Å². The normalized spacial score (nSPS) is 43.0. The summed E-state index contributed by atoms with van der Waals surface area (Å²) in [4.78, 5) is 37.0. The largest absolute Gasteiger partial charge is 0.458 e. The topological polar surface area (TPSA) is 101 Å². The van der Waals surface area contributed by atoms with E-state index in [1.165, 1.54) is 0 Å².